The number of benzene rings is 1. The highest BCUT2D eigenvalue weighted by atomic mass is 127. The number of amides is 1. The zero-order valence-electron chi connectivity index (χ0n) is 16.8. The van der Waals surface area contributed by atoms with Crippen molar-refractivity contribution in [2.75, 3.05) is 38.5 Å². The number of likely N-dealkylation sites (tertiary alicyclic amines) is 1. The molecule has 3 N–H and O–H groups in total. The van der Waals surface area contributed by atoms with Gasteiger partial charge in [-0.15, -0.1) is 30.4 Å². The summed E-state index contributed by atoms with van der Waals surface area (Å²) in [5, 5.41) is 9.17. The Balaban J connectivity index is 0.00000392. The van der Waals surface area contributed by atoms with Gasteiger partial charge in [0, 0.05) is 37.4 Å². The van der Waals surface area contributed by atoms with Gasteiger partial charge in [-0.1, -0.05) is 25.3 Å². The van der Waals surface area contributed by atoms with Gasteiger partial charge in [-0.25, -0.2) is 0 Å². The zero-order chi connectivity index (χ0) is 19.5. The van der Waals surface area contributed by atoms with Gasteiger partial charge in [0.1, 0.15) is 0 Å². The predicted octanol–water partition coefficient (Wildman–Crippen LogP) is 2.65. The summed E-state index contributed by atoms with van der Waals surface area (Å²) in [6.45, 7) is 5.37. The van der Waals surface area contributed by atoms with Crippen LogP contribution in [0, 0.1) is 12.3 Å². The van der Waals surface area contributed by atoms with E-state index in [1.54, 1.807) is 13.1 Å². The molecular formula is C21H32IN5O. The molecule has 0 spiro atoms. The van der Waals surface area contributed by atoms with Crippen molar-refractivity contribution in [3.8, 4) is 12.3 Å². The number of hydrogen-bond acceptors (Lipinski definition) is 3. The summed E-state index contributed by atoms with van der Waals surface area (Å²) in [5.41, 5.74) is 1.43. The second-order valence-electron chi connectivity index (χ2n) is 6.72. The summed E-state index contributed by atoms with van der Waals surface area (Å²) in [6, 6.07) is 7.93. The maximum Gasteiger partial charge on any atom is 0.243 e. The number of carbonyl (C=O) groups is 1. The summed E-state index contributed by atoms with van der Waals surface area (Å²) < 4.78 is 0. The summed E-state index contributed by atoms with van der Waals surface area (Å²) in [4.78, 5) is 18.9. The van der Waals surface area contributed by atoms with E-state index in [4.69, 9.17) is 6.42 Å². The lowest BCUT2D eigenvalue weighted by Gasteiger charge is -2.35. The van der Waals surface area contributed by atoms with Gasteiger partial charge in [0.05, 0.1) is 6.54 Å². The van der Waals surface area contributed by atoms with E-state index in [1.165, 1.54) is 32.2 Å². The lowest BCUT2D eigenvalue weighted by molar-refractivity contribution is -0.115. The first-order valence-electron chi connectivity index (χ1n) is 9.71. The van der Waals surface area contributed by atoms with Crippen molar-refractivity contribution in [1.29, 1.82) is 0 Å². The average Bonchev–Trinajstić information content (AvgIpc) is 2.71. The minimum Gasteiger partial charge on any atom is -0.355 e. The Morgan fingerprint density at radius 3 is 2.89 bits per heavy atom. The van der Waals surface area contributed by atoms with Crippen molar-refractivity contribution in [2.24, 2.45) is 4.99 Å². The normalized spacial score (nSPS) is 17.2. The predicted molar refractivity (Wildman–Crippen MR) is 127 cm³/mol. The third kappa shape index (κ3) is 8.07. The van der Waals surface area contributed by atoms with Crippen LogP contribution in [0.4, 0.5) is 5.69 Å². The van der Waals surface area contributed by atoms with Crippen LogP contribution in [0.15, 0.2) is 29.3 Å². The molecule has 1 aliphatic rings. The fourth-order valence-electron chi connectivity index (χ4n) is 3.41. The number of nitrogens with zero attached hydrogens (tertiary/aromatic N) is 2. The highest BCUT2D eigenvalue weighted by Crippen LogP contribution is 2.18. The Kier molecular flexibility index (Phi) is 11.6. The van der Waals surface area contributed by atoms with Crippen molar-refractivity contribution < 1.29 is 4.79 Å². The van der Waals surface area contributed by atoms with Crippen molar-refractivity contribution in [1.82, 2.24) is 15.5 Å². The monoisotopic (exact) mass is 497 g/mol. The number of terminal acetylenes is 1. The third-order valence-electron chi connectivity index (χ3n) is 4.86. The Morgan fingerprint density at radius 2 is 2.18 bits per heavy atom. The molecule has 0 bridgehead atoms. The molecule has 2 rings (SSSR count). The van der Waals surface area contributed by atoms with Crippen LogP contribution in [0.2, 0.25) is 0 Å². The minimum absolute atomic E-state index is 0. The number of halogens is 1. The van der Waals surface area contributed by atoms with Crippen molar-refractivity contribution in [3.63, 3.8) is 0 Å². The van der Waals surface area contributed by atoms with E-state index in [0.29, 0.717) is 17.7 Å². The van der Waals surface area contributed by atoms with Crippen molar-refractivity contribution in [2.45, 2.75) is 38.6 Å². The van der Waals surface area contributed by atoms with Crippen molar-refractivity contribution in [3.05, 3.63) is 29.8 Å². The summed E-state index contributed by atoms with van der Waals surface area (Å²) in [7, 11) is 1.71. The van der Waals surface area contributed by atoms with E-state index in [1.807, 2.05) is 18.2 Å². The lowest BCUT2D eigenvalue weighted by atomic mass is 10.0. The Hall–Kier alpha value is -1.79. The summed E-state index contributed by atoms with van der Waals surface area (Å²) in [6.07, 6.45) is 10.5. The molecule has 1 aromatic carbocycles. The first-order valence-corrected chi connectivity index (χ1v) is 9.71. The van der Waals surface area contributed by atoms with E-state index in [-0.39, 0.29) is 36.4 Å². The van der Waals surface area contributed by atoms with E-state index in [9.17, 15) is 4.79 Å². The molecule has 1 atom stereocenters. The number of guanidine groups is 1. The van der Waals surface area contributed by atoms with Crippen LogP contribution in [-0.2, 0) is 4.79 Å². The molecule has 1 unspecified atom stereocenters. The number of nitrogens with one attached hydrogen (secondary N) is 3. The van der Waals surface area contributed by atoms with Crippen LogP contribution in [0.5, 0.6) is 0 Å². The lowest BCUT2D eigenvalue weighted by Crippen LogP contribution is -2.47. The van der Waals surface area contributed by atoms with Crippen molar-refractivity contribution >= 4 is 41.5 Å². The molecule has 7 heteroatoms. The van der Waals surface area contributed by atoms with Gasteiger partial charge in [0.2, 0.25) is 5.91 Å². The average molecular weight is 497 g/mol. The molecule has 0 aromatic heterocycles. The largest absolute Gasteiger partial charge is 0.355 e. The number of rotatable bonds is 7. The van der Waals surface area contributed by atoms with Crippen LogP contribution in [0.25, 0.3) is 0 Å². The van der Waals surface area contributed by atoms with E-state index in [2.05, 4.69) is 38.7 Å². The van der Waals surface area contributed by atoms with Gasteiger partial charge in [-0.3, -0.25) is 14.7 Å². The highest BCUT2D eigenvalue weighted by molar-refractivity contribution is 14.0. The molecule has 6 nitrogen and oxygen atoms in total. The van der Waals surface area contributed by atoms with E-state index in [0.717, 1.165) is 18.7 Å². The molecule has 1 saturated heterocycles. The first kappa shape index (κ1) is 24.2. The fraction of sp³-hybridized carbons (Fsp3) is 0.524. The molecule has 0 radical (unpaired) electrons. The number of aliphatic imine (C=N–C) groups is 1. The minimum atomic E-state index is -0.144. The van der Waals surface area contributed by atoms with Gasteiger partial charge < -0.3 is 16.0 Å². The molecule has 1 amide bonds. The molecule has 154 valence electrons. The number of carbonyl (C=O) groups excluding carboxylic acids is 1. The maximum atomic E-state index is 12.1. The molecule has 1 aliphatic heterocycles. The van der Waals surface area contributed by atoms with Crippen LogP contribution in [-0.4, -0.2) is 56.0 Å². The van der Waals surface area contributed by atoms with E-state index < -0.39 is 0 Å². The second-order valence-corrected chi connectivity index (χ2v) is 6.72. The Morgan fingerprint density at radius 1 is 1.36 bits per heavy atom. The van der Waals surface area contributed by atoms with Gasteiger partial charge in [0.15, 0.2) is 5.96 Å². The summed E-state index contributed by atoms with van der Waals surface area (Å²) in [5.74, 6) is 3.05. The molecule has 28 heavy (non-hydrogen) atoms. The van der Waals surface area contributed by atoms with Gasteiger partial charge in [-0.2, -0.15) is 0 Å². The molecule has 0 aliphatic carbocycles. The molecule has 0 saturated carbocycles. The third-order valence-corrected chi connectivity index (χ3v) is 4.86. The summed E-state index contributed by atoms with van der Waals surface area (Å²) >= 11 is 0. The smallest absolute Gasteiger partial charge is 0.243 e. The highest BCUT2D eigenvalue weighted by Gasteiger charge is 2.19. The molecule has 1 fully saturated rings. The van der Waals surface area contributed by atoms with Crippen LogP contribution >= 0.6 is 24.0 Å². The molecular weight excluding hydrogens is 465 g/mol. The molecule has 1 heterocycles. The van der Waals surface area contributed by atoms with E-state index >= 15 is 0 Å². The number of hydrogen-bond donors (Lipinski definition) is 3. The first-order chi connectivity index (χ1) is 13.2. The van der Waals surface area contributed by atoms with Crippen LogP contribution in [0.1, 0.15) is 38.2 Å². The van der Waals surface area contributed by atoms with Gasteiger partial charge in [0.25, 0.3) is 0 Å². The Bertz CT molecular complexity index is 686. The zero-order valence-corrected chi connectivity index (χ0v) is 19.2. The van der Waals surface area contributed by atoms with Gasteiger partial charge in [-0.05, 0) is 44.0 Å². The Labute approximate surface area is 186 Å². The topological polar surface area (TPSA) is 68.8 Å². The van der Waals surface area contributed by atoms with Crippen LogP contribution < -0.4 is 16.0 Å². The second kappa shape index (κ2) is 13.4. The fourth-order valence-corrected chi connectivity index (χ4v) is 3.41. The van der Waals surface area contributed by atoms with Gasteiger partial charge >= 0.3 is 0 Å². The quantitative estimate of drug-likeness (QED) is 0.235. The SMILES string of the molecule is C#Cc1cccc(NC(=O)CNC(=NC)NCCN2CCCCC2CC)c1.I. The standard InChI is InChI=1S/C21H31N5O.HI/c1-4-17-9-8-10-18(15-17)25-20(27)16-24-21(22-3)23-12-14-26-13-7-6-11-19(26)5-2;/h1,8-10,15,19H,5-7,11-14,16H2,2-3H3,(H,25,27)(H2,22,23,24);1H. The molecule has 1 aromatic rings. The number of piperidine rings is 1. The maximum absolute atomic E-state index is 12.1. The number of anilines is 1. The van der Waals surface area contributed by atoms with Crippen LogP contribution in [0.3, 0.4) is 0 Å².